The fraction of sp³-hybridized carbons (Fsp3) is 0.364. The van der Waals surface area contributed by atoms with Crippen molar-refractivity contribution < 1.29 is 4.79 Å². The van der Waals surface area contributed by atoms with Crippen LogP contribution in [0.3, 0.4) is 0 Å². The molecule has 3 aromatic rings. The minimum Gasteiger partial charge on any atom is -0.308 e. The average Bonchev–Trinajstić information content (AvgIpc) is 3.18. The first-order valence-electron chi connectivity index (χ1n) is 10.5. The molecule has 0 bridgehead atoms. The van der Waals surface area contributed by atoms with E-state index >= 15 is 0 Å². The van der Waals surface area contributed by atoms with E-state index in [1.807, 2.05) is 41.8 Å². The van der Waals surface area contributed by atoms with Crippen LogP contribution in [0.4, 0.5) is 5.82 Å². The molecule has 7 nitrogen and oxygen atoms in total. The standard InChI is InChI=1S/C22H24Cl2N6OS/c1-15(21(31)26-20-18(24)12-16(23)13-25-20)32-22-28-27-19(14-29-10-6-3-7-11-29)30(22)17-8-4-2-5-9-17/h2,4-5,8-9,12-13,15H,3,6-7,10-11,14H2,1H3,(H,25,26,31). The molecule has 0 radical (unpaired) electrons. The maximum atomic E-state index is 12.8. The number of thioether (sulfide) groups is 1. The van der Waals surface area contributed by atoms with Gasteiger partial charge in [-0.25, -0.2) is 4.98 Å². The second-order valence-corrected chi connectivity index (χ2v) is 9.79. The van der Waals surface area contributed by atoms with Gasteiger partial charge < -0.3 is 5.32 Å². The van der Waals surface area contributed by atoms with E-state index in [0.29, 0.717) is 15.2 Å². The van der Waals surface area contributed by atoms with Crippen LogP contribution in [-0.4, -0.2) is 48.9 Å². The van der Waals surface area contributed by atoms with Crippen molar-refractivity contribution in [1.82, 2.24) is 24.6 Å². The number of amides is 1. The smallest absolute Gasteiger partial charge is 0.238 e. The van der Waals surface area contributed by atoms with E-state index in [1.54, 1.807) is 6.07 Å². The van der Waals surface area contributed by atoms with Crippen molar-refractivity contribution in [3.05, 3.63) is 58.5 Å². The Bertz CT molecular complexity index is 1070. The zero-order valence-corrected chi connectivity index (χ0v) is 20.0. The monoisotopic (exact) mass is 490 g/mol. The first-order valence-corrected chi connectivity index (χ1v) is 12.2. The normalized spacial score (nSPS) is 15.5. The minimum absolute atomic E-state index is 0.230. The molecule has 0 aliphatic carbocycles. The maximum Gasteiger partial charge on any atom is 0.238 e. The SMILES string of the molecule is CC(Sc1nnc(CN2CCCCC2)n1-c1ccccc1)C(=O)Nc1ncc(Cl)cc1Cl. The molecule has 1 fully saturated rings. The molecule has 1 amide bonds. The molecule has 1 saturated heterocycles. The first-order chi connectivity index (χ1) is 15.5. The number of aromatic nitrogens is 4. The molecule has 1 aromatic carbocycles. The quantitative estimate of drug-likeness (QED) is 0.465. The first kappa shape index (κ1) is 23.0. The lowest BCUT2D eigenvalue weighted by molar-refractivity contribution is -0.115. The van der Waals surface area contributed by atoms with E-state index < -0.39 is 5.25 Å². The topological polar surface area (TPSA) is 75.9 Å². The Morgan fingerprint density at radius 1 is 1.16 bits per heavy atom. The Hall–Kier alpha value is -2.13. The number of nitrogens with one attached hydrogen (secondary N) is 1. The lowest BCUT2D eigenvalue weighted by atomic mass is 10.1. The van der Waals surface area contributed by atoms with Gasteiger partial charge in [0.15, 0.2) is 16.8 Å². The third-order valence-corrected chi connectivity index (χ3v) is 6.77. The summed E-state index contributed by atoms with van der Waals surface area (Å²) in [6.45, 7) is 4.68. The number of para-hydroxylation sites is 1. The summed E-state index contributed by atoms with van der Waals surface area (Å²) >= 11 is 13.4. The molecule has 1 aliphatic heterocycles. The van der Waals surface area contributed by atoms with Crippen LogP contribution in [0.15, 0.2) is 47.8 Å². The van der Waals surface area contributed by atoms with E-state index in [-0.39, 0.29) is 11.7 Å². The van der Waals surface area contributed by atoms with Gasteiger partial charge in [0.25, 0.3) is 0 Å². The van der Waals surface area contributed by atoms with Gasteiger partial charge in [0.1, 0.15) is 0 Å². The van der Waals surface area contributed by atoms with Crippen molar-refractivity contribution in [3.8, 4) is 5.69 Å². The van der Waals surface area contributed by atoms with Crippen LogP contribution in [0.5, 0.6) is 0 Å². The molecular formula is C22H24Cl2N6OS. The molecule has 32 heavy (non-hydrogen) atoms. The Morgan fingerprint density at radius 2 is 1.91 bits per heavy atom. The van der Waals surface area contributed by atoms with Crippen molar-refractivity contribution in [3.63, 3.8) is 0 Å². The maximum absolute atomic E-state index is 12.8. The van der Waals surface area contributed by atoms with Gasteiger partial charge in [-0.05, 0) is 51.1 Å². The Morgan fingerprint density at radius 3 is 2.62 bits per heavy atom. The van der Waals surface area contributed by atoms with Gasteiger partial charge in [-0.2, -0.15) is 0 Å². The van der Waals surface area contributed by atoms with Gasteiger partial charge in [-0.15, -0.1) is 10.2 Å². The highest BCUT2D eigenvalue weighted by atomic mass is 35.5. The van der Waals surface area contributed by atoms with Gasteiger partial charge >= 0.3 is 0 Å². The van der Waals surface area contributed by atoms with Gasteiger partial charge in [0, 0.05) is 11.9 Å². The summed E-state index contributed by atoms with van der Waals surface area (Å²) in [6.07, 6.45) is 5.14. The molecule has 0 saturated carbocycles. The van der Waals surface area contributed by atoms with Crippen LogP contribution >= 0.6 is 35.0 Å². The van der Waals surface area contributed by atoms with Crippen LogP contribution in [0.1, 0.15) is 32.0 Å². The predicted molar refractivity (Wildman–Crippen MR) is 129 cm³/mol. The van der Waals surface area contributed by atoms with Crippen molar-refractivity contribution in [1.29, 1.82) is 0 Å². The Labute approximate surface area is 201 Å². The summed E-state index contributed by atoms with van der Waals surface area (Å²) in [4.78, 5) is 19.3. The summed E-state index contributed by atoms with van der Waals surface area (Å²) in [5, 5.41) is 12.6. The van der Waals surface area contributed by atoms with Crippen molar-refractivity contribution in [2.45, 2.75) is 43.1 Å². The molecule has 1 N–H and O–H groups in total. The Kier molecular flexibility index (Phi) is 7.67. The number of halogens is 2. The van der Waals surface area contributed by atoms with E-state index in [9.17, 15) is 4.79 Å². The van der Waals surface area contributed by atoms with Crippen molar-refractivity contribution >= 4 is 46.7 Å². The number of rotatable bonds is 7. The van der Waals surface area contributed by atoms with E-state index in [2.05, 4.69) is 25.4 Å². The van der Waals surface area contributed by atoms with Crippen LogP contribution in [0.2, 0.25) is 10.0 Å². The lowest BCUT2D eigenvalue weighted by Gasteiger charge is -2.26. The largest absolute Gasteiger partial charge is 0.308 e. The van der Waals surface area contributed by atoms with Gasteiger partial charge in [-0.3, -0.25) is 14.3 Å². The van der Waals surface area contributed by atoms with Crippen LogP contribution in [0.25, 0.3) is 5.69 Å². The number of hydrogen-bond acceptors (Lipinski definition) is 6. The van der Waals surface area contributed by atoms with Crippen molar-refractivity contribution in [2.24, 2.45) is 0 Å². The van der Waals surface area contributed by atoms with Crippen LogP contribution in [-0.2, 0) is 11.3 Å². The number of likely N-dealkylation sites (tertiary alicyclic amines) is 1. The van der Waals surface area contributed by atoms with Gasteiger partial charge in [0.05, 0.1) is 21.8 Å². The third-order valence-electron chi connectivity index (χ3n) is 5.23. The summed E-state index contributed by atoms with van der Waals surface area (Å²) in [5.41, 5.74) is 0.974. The number of anilines is 1. The molecule has 1 unspecified atom stereocenters. The number of benzene rings is 1. The number of carbonyl (C=O) groups is 1. The minimum atomic E-state index is -0.446. The van der Waals surface area contributed by atoms with Crippen LogP contribution < -0.4 is 5.32 Å². The highest BCUT2D eigenvalue weighted by molar-refractivity contribution is 8.00. The second-order valence-electron chi connectivity index (χ2n) is 7.64. The van der Waals surface area contributed by atoms with E-state index in [0.717, 1.165) is 31.1 Å². The highest BCUT2D eigenvalue weighted by Crippen LogP contribution is 2.28. The number of piperidine rings is 1. The number of carbonyl (C=O) groups excluding carboxylic acids is 1. The number of nitrogens with zero attached hydrogens (tertiary/aromatic N) is 5. The summed E-state index contributed by atoms with van der Waals surface area (Å²) < 4.78 is 2.04. The summed E-state index contributed by atoms with van der Waals surface area (Å²) in [7, 11) is 0. The summed E-state index contributed by atoms with van der Waals surface area (Å²) in [6, 6.07) is 11.5. The average molecular weight is 491 g/mol. The van der Waals surface area contributed by atoms with Gasteiger partial charge in [-0.1, -0.05) is 59.6 Å². The summed E-state index contributed by atoms with van der Waals surface area (Å²) in [5.74, 6) is 0.923. The fourth-order valence-corrected chi connectivity index (χ4v) is 4.88. The van der Waals surface area contributed by atoms with E-state index in [1.165, 1.54) is 37.2 Å². The molecular weight excluding hydrogens is 467 g/mol. The molecule has 0 spiro atoms. The van der Waals surface area contributed by atoms with Crippen LogP contribution in [0, 0.1) is 0 Å². The predicted octanol–water partition coefficient (Wildman–Crippen LogP) is 5.07. The molecule has 1 atom stereocenters. The molecule has 4 rings (SSSR count). The molecule has 2 aromatic heterocycles. The zero-order valence-electron chi connectivity index (χ0n) is 17.7. The molecule has 3 heterocycles. The van der Waals surface area contributed by atoms with Crippen molar-refractivity contribution in [2.75, 3.05) is 18.4 Å². The molecule has 10 heteroatoms. The third kappa shape index (κ3) is 5.61. The second kappa shape index (κ2) is 10.7. The lowest BCUT2D eigenvalue weighted by Crippen LogP contribution is -2.30. The number of pyridine rings is 1. The fourth-order valence-electron chi connectivity index (χ4n) is 3.57. The molecule has 168 valence electrons. The number of hydrogen-bond donors (Lipinski definition) is 1. The zero-order chi connectivity index (χ0) is 22.5. The van der Waals surface area contributed by atoms with E-state index in [4.69, 9.17) is 23.2 Å². The van der Waals surface area contributed by atoms with Gasteiger partial charge in [0.2, 0.25) is 5.91 Å². The Balaban J connectivity index is 1.53. The highest BCUT2D eigenvalue weighted by Gasteiger charge is 2.23. The molecule has 1 aliphatic rings.